The van der Waals surface area contributed by atoms with E-state index in [0.717, 1.165) is 18.4 Å². The molecule has 1 aliphatic heterocycles. The SMILES string of the molecule is COc1cc(C(=O)N(CCC(=O)O)C[C@@H]2CCCO2)ccc1C. The van der Waals surface area contributed by atoms with Crippen molar-refractivity contribution < 1.29 is 24.2 Å². The Morgan fingerprint density at radius 1 is 1.43 bits per heavy atom. The monoisotopic (exact) mass is 321 g/mol. The number of nitrogens with zero attached hydrogens (tertiary/aromatic N) is 1. The summed E-state index contributed by atoms with van der Waals surface area (Å²) in [6, 6.07) is 5.26. The minimum Gasteiger partial charge on any atom is -0.496 e. The molecule has 126 valence electrons. The van der Waals surface area contributed by atoms with Crippen LogP contribution < -0.4 is 4.74 Å². The lowest BCUT2D eigenvalue weighted by atomic mass is 10.1. The van der Waals surface area contributed by atoms with Gasteiger partial charge in [-0.05, 0) is 37.5 Å². The third kappa shape index (κ3) is 4.69. The second-order valence-corrected chi connectivity index (χ2v) is 5.71. The first-order valence-electron chi connectivity index (χ1n) is 7.78. The number of hydrogen-bond acceptors (Lipinski definition) is 4. The third-order valence-corrected chi connectivity index (χ3v) is 3.99. The number of hydrogen-bond donors (Lipinski definition) is 1. The van der Waals surface area contributed by atoms with E-state index in [-0.39, 0.29) is 25.0 Å². The summed E-state index contributed by atoms with van der Waals surface area (Å²) >= 11 is 0. The summed E-state index contributed by atoms with van der Waals surface area (Å²) in [7, 11) is 1.56. The zero-order valence-electron chi connectivity index (χ0n) is 13.6. The first kappa shape index (κ1) is 17.3. The van der Waals surface area contributed by atoms with Gasteiger partial charge in [0, 0.05) is 25.3 Å². The van der Waals surface area contributed by atoms with Crippen LogP contribution in [0.5, 0.6) is 5.75 Å². The highest BCUT2D eigenvalue weighted by molar-refractivity contribution is 5.95. The van der Waals surface area contributed by atoms with Gasteiger partial charge in [0.05, 0.1) is 19.6 Å². The third-order valence-electron chi connectivity index (χ3n) is 3.99. The number of carboxylic acid groups (broad SMARTS) is 1. The Hall–Kier alpha value is -2.08. The Morgan fingerprint density at radius 2 is 2.22 bits per heavy atom. The highest BCUT2D eigenvalue weighted by atomic mass is 16.5. The number of benzene rings is 1. The van der Waals surface area contributed by atoms with Crippen LogP contribution in [0.25, 0.3) is 0 Å². The first-order chi connectivity index (χ1) is 11.0. The van der Waals surface area contributed by atoms with Gasteiger partial charge in [0.25, 0.3) is 5.91 Å². The molecule has 0 unspecified atom stereocenters. The minimum absolute atomic E-state index is 0.0138. The zero-order valence-corrected chi connectivity index (χ0v) is 13.6. The number of rotatable bonds is 7. The number of aryl methyl sites for hydroxylation is 1. The van der Waals surface area contributed by atoms with Gasteiger partial charge in [0.1, 0.15) is 5.75 Å². The van der Waals surface area contributed by atoms with Gasteiger partial charge in [-0.3, -0.25) is 9.59 Å². The lowest BCUT2D eigenvalue weighted by molar-refractivity contribution is -0.137. The van der Waals surface area contributed by atoms with Crippen LogP contribution in [0.4, 0.5) is 0 Å². The van der Waals surface area contributed by atoms with E-state index >= 15 is 0 Å². The predicted molar refractivity (Wildman–Crippen MR) is 84.9 cm³/mol. The predicted octanol–water partition coefficient (Wildman–Crippen LogP) is 2.10. The summed E-state index contributed by atoms with van der Waals surface area (Å²) in [4.78, 5) is 25.2. The lowest BCUT2D eigenvalue weighted by Crippen LogP contribution is -2.38. The molecule has 1 aromatic carbocycles. The summed E-state index contributed by atoms with van der Waals surface area (Å²) < 4.78 is 10.8. The molecule has 1 fully saturated rings. The van der Waals surface area contributed by atoms with E-state index < -0.39 is 5.97 Å². The van der Waals surface area contributed by atoms with E-state index in [2.05, 4.69) is 0 Å². The van der Waals surface area contributed by atoms with Crippen molar-refractivity contribution in [1.82, 2.24) is 4.90 Å². The van der Waals surface area contributed by atoms with E-state index in [0.29, 0.717) is 24.5 Å². The van der Waals surface area contributed by atoms with Gasteiger partial charge in [-0.1, -0.05) is 6.07 Å². The largest absolute Gasteiger partial charge is 0.496 e. The number of carbonyl (C=O) groups excluding carboxylic acids is 1. The molecule has 1 aliphatic rings. The number of carboxylic acids is 1. The topological polar surface area (TPSA) is 76.1 Å². The number of amides is 1. The van der Waals surface area contributed by atoms with Crippen molar-refractivity contribution in [3.05, 3.63) is 29.3 Å². The standard InChI is InChI=1S/C17H23NO5/c1-12-5-6-13(10-15(12)22-2)17(21)18(8-7-16(19)20)11-14-4-3-9-23-14/h5-6,10,14H,3-4,7-9,11H2,1-2H3,(H,19,20)/t14-/m0/s1. The molecule has 0 saturated carbocycles. The second kappa shape index (κ2) is 7.97. The fraction of sp³-hybridized carbons (Fsp3) is 0.529. The normalized spacial score (nSPS) is 17.0. The van der Waals surface area contributed by atoms with Crippen LogP contribution in [0.2, 0.25) is 0 Å². The molecule has 0 radical (unpaired) electrons. The molecule has 1 N–H and O–H groups in total. The number of aliphatic carboxylic acids is 1. The van der Waals surface area contributed by atoms with Gasteiger partial charge < -0.3 is 19.5 Å². The molecule has 0 aromatic heterocycles. The number of ether oxygens (including phenoxy) is 2. The number of carbonyl (C=O) groups is 2. The smallest absolute Gasteiger partial charge is 0.305 e. The van der Waals surface area contributed by atoms with Crippen LogP contribution >= 0.6 is 0 Å². The number of methoxy groups -OCH3 is 1. The summed E-state index contributed by atoms with van der Waals surface area (Å²) in [6.45, 7) is 3.19. The molecule has 1 heterocycles. The van der Waals surface area contributed by atoms with Crippen LogP contribution in [-0.2, 0) is 9.53 Å². The molecule has 0 spiro atoms. The Labute approximate surface area is 136 Å². The first-order valence-corrected chi connectivity index (χ1v) is 7.78. The van der Waals surface area contributed by atoms with Crippen LogP contribution in [0, 0.1) is 6.92 Å². The van der Waals surface area contributed by atoms with Gasteiger partial charge in [0.2, 0.25) is 0 Å². The van der Waals surface area contributed by atoms with E-state index in [1.54, 1.807) is 24.1 Å². The van der Waals surface area contributed by atoms with Crippen molar-refractivity contribution >= 4 is 11.9 Å². The summed E-state index contributed by atoms with van der Waals surface area (Å²) in [6.07, 6.45) is 1.78. The van der Waals surface area contributed by atoms with E-state index in [1.807, 2.05) is 13.0 Å². The van der Waals surface area contributed by atoms with Gasteiger partial charge in [-0.25, -0.2) is 0 Å². The van der Waals surface area contributed by atoms with E-state index in [9.17, 15) is 9.59 Å². The molecule has 0 bridgehead atoms. The molecule has 6 heteroatoms. The molecule has 1 saturated heterocycles. The average Bonchev–Trinajstić information content (AvgIpc) is 3.04. The molecule has 1 amide bonds. The van der Waals surface area contributed by atoms with Crippen molar-refractivity contribution in [2.75, 3.05) is 26.8 Å². The van der Waals surface area contributed by atoms with Crippen molar-refractivity contribution in [2.45, 2.75) is 32.3 Å². The maximum atomic E-state index is 12.7. The minimum atomic E-state index is -0.920. The maximum Gasteiger partial charge on any atom is 0.305 e. The molecular weight excluding hydrogens is 298 g/mol. The summed E-state index contributed by atoms with van der Waals surface area (Å²) in [5, 5.41) is 8.90. The summed E-state index contributed by atoms with van der Waals surface area (Å²) in [5.41, 5.74) is 1.44. The highest BCUT2D eigenvalue weighted by Crippen LogP contribution is 2.21. The van der Waals surface area contributed by atoms with Gasteiger partial charge >= 0.3 is 5.97 Å². The van der Waals surface area contributed by atoms with Crippen molar-refractivity contribution in [2.24, 2.45) is 0 Å². The lowest BCUT2D eigenvalue weighted by Gasteiger charge is -2.25. The van der Waals surface area contributed by atoms with E-state index in [4.69, 9.17) is 14.6 Å². The molecule has 1 atom stereocenters. The van der Waals surface area contributed by atoms with E-state index in [1.165, 1.54) is 0 Å². The molecule has 0 aliphatic carbocycles. The Kier molecular flexibility index (Phi) is 5.98. The molecular formula is C17H23NO5. The maximum absolute atomic E-state index is 12.7. The second-order valence-electron chi connectivity index (χ2n) is 5.71. The highest BCUT2D eigenvalue weighted by Gasteiger charge is 2.24. The Balaban J connectivity index is 2.14. The fourth-order valence-electron chi connectivity index (χ4n) is 2.68. The molecule has 23 heavy (non-hydrogen) atoms. The van der Waals surface area contributed by atoms with Crippen LogP contribution in [0.1, 0.15) is 35.2 Å². The van der Waals surface area contributed by atoms with Gasteiger partial charge in [0.15, 0.2) is 0 Å². The fourth-order valence-corrected chi connectivity index (χ4v) is 2.68. The average molecular weight is 321 g/mol. The van der Waals surface area contributed by atoms with Crippen LogP contribution in [0.3, 0.4) is 0 Å². The van der Waals surface area contributed by atoms with Gasteiger partial charge in [-0.2, -0.15) is 0 Å². The van der Waals surface area contributed by atoms with Crippen LogP contribution in [0.15, 0.2) is 18.2 Å². The molecule has 2 rings (SSSR count). The van der Waals surface area contributed by atoms with Crippen molar-refractivity contribution in [1.29, 1.82) is 0 Å². The van der Waals surface area contributed by atoms with Gasteiger partial charge in [-0.15, -0.1) is 0 Å². The Bertz CT molecular complexity index is 566. The quantitative estimate of drug-likeness (QED) is 0.832. The zero-order chi connectivity index (χ0) is 16.8. The van der Waals surface area contributed by atoms with Crippen LogP contribution in [-0.4, -0.2) is 54.8 Å². The van der Waals surface area contributed by atoms with Crippen molar-refractivity contribution in [3.8, 4) is 5.75 Å². The molecule has 1 aromatic rings. The molecule has 6 nitrogen and oxygen atoms in total. The van der Waals surface area contributed by atoms with Crippen molar-refractivity contribution in [3.63, 3.8) is 0 Å². The Morgan fingerprint density at radius 3 is 2.83 bits per heavy atom. The summed E-state index contributed by atoms with van der Waals surface area (Å²) in [5.74, 6) is -0.470.